The maximum Gasteiger partial charge on any atom is 0.433 e. The Labute approximate surface area is 85.9 Å². The zero-order valence-corrected chi connectivity index (χ0v) is 8.43. The number of alkyl halides is 3. The van der Waals surface area contributed by atoms with Crippen molar-refractivity contribution in [3.63, 3.8) is 0 Å². The Morgan fingerprint density at radius 3 is 2.46 bits per heavy atom. The van der Waals surface area contributed by atoms with Crippen LogP contribution in [0, 0.1) is 3.57 Å². The maximum absolute atomic E-state index is 12.1. The third kappa shape index (κ3) is 2.53. The van der Waals surface area contributed by atoms with E-state index in [0.717, 1.165) is 12.3 Å². The molecule has 0 aliphatic rings. The summed E-state index contributed by atoms with van der Waals surface area (Å²) in [6.45, 7) is -0.302. The quantitative estimate of drug-likeness (QED) is 0.807. The summed E-state index contributed by atoms with van der Waals surface area (Å²) in [5.41, 5.74) is -0.539. The SMILES string of the molecule is OCc1cnc(C(F)(F)F)cc1I. The van der Waals surface area contributed by atoms with Gasteiger partial charge in [-0.2, -0.15) is 13.2 Å². The highest BCUT2D eigenvalue weighted by molar-refractivity contribution is 14.1. The van der Waals surface area contributed by atoms with Crippen molar-refractivity contribution in [2.45, 2.75) is 12.8 Å². The molecule has 0 aromatic carbocycles. The van der Waals surface area contributed by atoms with Crippen molar-refractivity contribution >= 4 is 22.6 Å². The molecular weight excluding hydrogens is 298 g/mol. The predicted octanol–water partition coefficient (Wildman–Crippen LogP) is 2.20. The van der Waals surface area contributed by atoms with Gasteiger partial charge in [0.25, 0.3) is 0 Å². The van der Waals surface area contributed by atoms with Crippen LogP contribution in [0.3, 0.4) is 0 Å². The van der Waals surface area contributed by atoms with Gasteiger partial charge in [0.2, 0.25) is 0 Å². The fourth-order valence-electron chi connectivity index (χ4n) is 0.730. The Kier molecular flexibility index (Phi) is 3.12. The van der Waals surface area contributed by atoms with Crippen LogP contribution in [-0.2, 0) is 12.8 Å². The van der Waals surface area contributed by atoms with Crippen LogP contribution in [0.2, 0.25) is 0 Å². The predicted molar refractivity (Wildman–Crippen MR) is 47.9 cm³/mol. The molecule has 0 atom stereocenters. The van der Waals surface area contributed by atoms with Gasteiger partial charge in [-0.25, -0.2) is 0 Å². The Balaban J connectivity index is 3.10. The van der Waals surface area contributed by atoms with Gasteiger partial charge in [-0.05, 0) is 28.7 Å². The van der Waals surface area contributed by atoms with Crippen LogP contribution in [0.25, 0.3) is 0 Å². The molecular formula is C7H5F3INO. The number of aromatic nitrogens is 1. The molecule has 0 saturated carbocycles. The van der Waals surface area contributed by atoms with Gasteiger partial charge >= 0.3 is 6.18 Å². The summed E-state index contributed by atoms with van der Waals surface area (Å²) < 4.78 is 36.6. The molecule has 6 heteroatoms. The molecule has 13 heavy (non-hydrogen) atoms. The summed E-state index contributed by atoms with van der Waals surface area (Å²) in [6.07, 6.45) is -3.39. The number of aliphatic hydroxyl groups is 1. The van der Waals surface area contributed by atoms with Crippen LogP contribution in [0.5, 0.6) is 0 Å². The van der Waals surface area contributed by atoms with Crippen LogP contribution in [0.15, 0.2) is 12.3 Å². The van der Waals surface area contributed by atoms with E-state index in [1.54, 1.807) is 22.6 Å². The summed E-state index contributed by atoms with van der Waals surface area (Å²) >= 11 is 1.73. The summed E-state index contributed by atoms with van der Waals surface area (Å²) in [7, 11) is 0. The molecule has 1 heterocycles. The number of halogens is 4. The van der Waals surface area contributed by atoms with E-state index >= 15 is 0 Å². The number of pyridine rings is 1. The van der Waals surface area contributed by atoms with Crippen LogP contribution in [0.4, 0.5) is 13.2 Å². The second-order valence-corrected chi connectivity index (χ2v) is 3.48. The highest BCUT2D eigenvalue weighted by Crippen LogP contribution is 2.28. The first kappa shape index (κ1) is 10.7. The lowest BCUT2D eigenvalue weighted by atomic mass is 10.2. The first-order valence-corrected chi connectivity index (χ1v) is 4.35. The molecule has 1 rings (SSSR count). The van der Waals surface area contributed by atoms with Crippen LogP contribution >= 0.6 is 22.6 Å². The van der Waals surface area contributed by atoms with Crippen molar-refractivity contribution in [1.29, 1.82) is 0 Å². The zero-order chi connectivity index (χ0) is 10.1. The van der Waals surface area contributed by atoms with Crippen molar-refractivity contribution in [2.24, 2.45) is 0 Å². The number of nitrogens with zero attached hydrogens (tertiary/aromatic N) is 1. The molecule has 0 saturated heterocycles. The van der Waals surface area contributed by atoms with E-state index in [2.05, 4.69) is 4.98 Å². The molecule has 72 valence electrons. The van der Waals surface area contributed by atoms with Crippen molar-refractivity contribution in [1.82, 2.24) is 4.98 Å². The van der Waals surface area contributed by atoms with Crippen molar-refractivity contribution in [3.05, 3.63) is 27.1 Å². The summed E-state index contributed by atoms with van der Waals surface area (Å²) in [6, 6.07) is 0.909. The highest BCUT2D eigenvalue weighted by Gasteiger charge is 2.32. The molecule has 0 amide bonds. The maximum atomic E-state index is 12.1. The fourth-order valence-corrected chi connectivity index (χ4v) is 1.34. The molecule has 0 spiro atoms. The van der Waals surface area contributed by atoms with E-state index in [1.807, 2.05) is 0 Å². The van der Waals surface area contributed by atoms with E-state index in [9.17, 15) is 13.2 Å². The van der Waals surface area contributed by atoms with Gasteiger partial charge in [0.1, 0.15) is 5.69 Å². The Hall–Kier alpha value is -0.370. The van der Waals surface area contributed by atoms with Crippen molar-refractivity contribution in [2.75, 3.05) is 0 Å². The largest absolute Gasteiger partial charge is 0.433 e. The van der Waals surface area contributed by atoms with E-state index in [1.165, 1.54) is 0 Å². The minimum Gasteiger partial charge on any atom is -0.392 e. The van der Waals surface area contributed by atoms with Gasteiger partial charge in [-0.1, -0.05) is 0 Å². The fraction of sp³-hybridized carbons (Fsp3) is 0.286. The number of hydrogen-bond acceptors (Lipinski definition) is 2. The molecule has 0 bridgehead atoms. The third-order valence-electron chi connectivity index (χ3n) is 1.39. The standard InChI is InChI=1S/C7H5F3INO/c8-7(9,10)6-1-5(11)4(3-13)2-12-6/h1-2,13H,3H2. The molecule has 0 unspecified atom stereocenters. The van der Waals surface area contributed by atoms with Crippen LogP contribution in [0.1, 0.15) is 11.3 Å². The summed E-state index contributed by atoms with van der Waals surface area (Å²) in [5.74, 6) is 0. The zero-order valence-electron chi connectivity index (χ0n) is 6.27. The van der Waals surface area contributed by atoms with Gasteiger partial charge in [-0.15, -0.1) is 0 Å². The molecule has 0 fully saturated rings. The Bertz CT molecular complexity index is 313. The lowest BCUT2D eigenvalue weighted by Crippen LogP contribution is -2.09. The molecule has 0 radical (unpaired) electrons. The van der Waals surface area contributed by atoms with E-state index in [-0.39, 0.29) is 6.61 Å². The summed E-state index contributed by atoms with van der Waals surface area (Å²) in [4.78, 5) is 3.19. The molecule has 1 aromatic heterocycles. The average Bonchev–Trinajstić information content (AvgIpc) is 2.02. The Morgan fingerprint density at radius 2 is 2.08 bits per heavy atom. The molecule has 1 aromatic rings. The van der Waals surface area contributed by atoms with Gasteiger partial charge in [0.15, 0.2) is 0 Å². The van der Waals surface area contributed by atoms with Crippen LogP contribution < -0.4 is 0 Å². The first-order chi connectivity index (χ1) is 5.95. The monoisotopic (exact) mass is 303 g/mol. The minimum atomic E-state index is -4.42. The second kappa shape index (κ2) is 3.79. The normalized spacial score (nSPS) is 11.8. The lowest BCUT2D eigenvalue weighted by Gasteiger charge is -2.07. The number of aliphatic hydroxyl groups excluding tert-OH is 1. The smallest absolute Gasteiger partial charge is 0.392 e. The van der Waals surface area contributed by atoms with Crippen molar-refractivity contribution in [3.8, 4) is 0 Å². The van der Waals surface area contributed by atoms with E-state index in [4.69, 9.17) is 5.11 Å². The Morgan fingerprint density at radius 1 is 1.46 bits per heavy atom. The van der Waals surface area contributed by atoms with Gasteiger partial charge < -0.3 is 5.11 Å². The van der Waals surface area contributed by atoms with E-state index < -0.39 is 11.9 Å². The topological polar surface area (TPSA) is 33.1 Å². The van der Waals surface area contributed by atoms with Gasteiger partial charge in [-0.3, -0.25) is 4.98 Å². The molecule has 2 nitrogen and oxygen atoms in total. The van der Waals surface area contributed by atoms with Crippen molar-refractivity contribution < 1.29 is 18.3 Å². The van der Waals surface area contributed by atoms with E-state index in [0.29, 0.717) is 9.13 Å². The second-order valence-electron chi connectivity index (χ2n) is 2.32. The highest BCUT2D eigenvalue weighted by atomic mass is 127. The number of rotatable bonds is 1. The van der Waals surface area contributed by atoms with Gasteiger partial charge in [0.05, 0.1) is 6.61 Å². The van der Waals surface area contributed by atoms with Crippen LogP contribution in [-0.4, -0.2) is 10.1 Å². The number of hydrogen-bond donors (Lipinski definition) is 1. The average molecular weight is 303 g/mol. The lowest BCUT2D eigenvalue weighted by molar-refractivity contribution is -0.141. The van der Waals surface area contributed by atoms with Gasteiger partial charge in [0, 0.05) is 15.3 Å². The molecule has 1 N–H and O–H groups in total. The minimum absolute atomic E-state index is 0.302. The third-order valence-corrected chi connectivity index (χ3v) is 2.39. The first-order valence-electron chi connectivity index (χ1n) is 3.27. The summed E-state index contributed by atoms with van der Waals surface area (Å²) in [5, 5.41) is 8.69. The molecule has 0 aliphatic heterocycles. The molecule has 0 aliphatic carbocycles.